The van der Waals surface area contributed by atoms with Gasteiger partial charge in [0.15, 0.2) is 0 Å². The minimum absolute atomic E-state index is 0.0514. The Balaban J connectivity index is 1.90. The molecule has 3 rings (SSSR count). The molecule has 1 atom stereocenters. The summed E-state index contributed by atoms with van der Waals surface area (Å²) in [6.45, 7) is 1.66. The zero-order chi connectivity index (χ0) is 22.8. The molecule has 0 saturated heterocycles. The van der Waals surface area contributed by atoms with Crippen LogP contribution in [0.1, 0.15) is 24.1 Å². The lowest BCUT2D eigenvalue weighted by molar-refractivity contribution is -0.763. The van der Waals surface area contributed by atoms with Crippen molar-refractivity contribution in [2.75, 3.05) is 20.1 Å². The number of nitrogens with zero attached hydrogens (tertiary/aromatic N) is 3. The van der Waals surface area contributed by atoms with Crippen LogP contribution in [0.3, 0.4) is 0 Å². The van der Waals surface area contributed by atoms with E-state index in [1.807, 2.05) is 0 Å². The molecule has 1 aromatic heterocycles. The van der Waals surface area contributed by atoms with Gasteiger partial charge in [0.1, 0.15) is 16.6 Å². The van der Waals surface area contributed by atoms with Crippen molar-refractivity contribution in [2.24, 2.45) is 5.14 Å². The zero-order valence-electron chi connectivity index (χ0n) is 16.6. The summed E-state index contributed by atoms with van der Waals surface area (Å²) >= 11 is 1.99. The topological polar surface area (TPSA) is 145 Å². The average Bonchev–Trinajstić information content (AvgIpc) is 3.17. The molecule has 0 fully saturated rings. The maximum absolute atomic E-state index is 13.0. The van der Waals surface area contributed by atoms with Gasteiger partial charge in [0.25, 0.3) is 15.1 Å². The Morgan fingerprint density at radius 1 is 1.45 bits per heavy atom. The van der Waals surface area contributed by atoms with Gasteiger partial charge < -0.3 is 9.57 Å². The van der Waals surface area contributed by atoms with Crippen LogP contribution in [0.5, 0.6) is 5.75 Å². The Labute approximate surface area is 187 Å². The van der Waals surface area contributed by atoms with Crippen LogP contribution in [0.4, 0.5) is 4.79 Å². The molecule has 0 spiro atoms. The summed E-state index contributed by atoms with van der Waals surface area (Å²) in [4.78, 5) is 29.3. The van der Waals surface area contributed by atoms with Gasteiger partial charge in [0.05, 0.1) is 10.3 Å². The molecule has 11 nitrogen and oxygen atoms in total. The van der Waals surface area contributed by atoms with Crippen molar-refractivity contribution in [1.29, 1.82) is 0 Å². The van der Waals surface area contributed by atoms with E-state index in [1.165, 1.54) is 22.3 Å². The molecule has 0 bridgehead atoms. The number of ether oxygens (including phenoxy) is 1. The van der Waals surface area contributed by atoms with Gasteiger partial charge in [-0.1, -0.05) is 18.2 Å². The van der Waals surface area contributed by atoms with Crippen molar-refractivity contribution in [3.63, 3.8) is 0 Å². The summed E-state index contributed by atoms with van der Waals surface area (Å²) in [5, 5.41) is 15.2. The summed E-state index contributed by atoms with van der Waals surface area (Å²) in [5.74, 6) is 0.119. The van der Waals surface area contributed by atoms with Gasteiger partial charge in [-0.2, -0.15) is 4.31 Å². The number of amides is 1. The number of sulfonamides is 1. The van der Waals surface area contributed by atoms with Gasteiger partial charge in [0, 0.05) is 31.3 Å². The molecule has 2 aromatic rings. The highest BCUT2D eigenvalue weighted by Gasteiger charge is 2.41. The van der Waals surface area contributed by atoms with Crippen molar-refractivity contribution in [1.82, 2.24) is 9.21 Å². The highest BCUT2D eigenvalue weighted by atomic mass is 32.3. The molecule has 31 heavy (non-hydrogen) atoms. The van der Waals surface area contributed by atoms with E-state index in [9.17, 15) is 23.3 Å². The highest BCUT2D eigenvalue weighted by Crippen LogP contribution is 2.42. The van der Waals surface area contributed by atoms with Crippen LogP contribution in [-0.2, 0) is 21.5 Å². The first kappa shape index (κ1) is 23.3. The summed E-state index contributed by atoms with van der Waals surface area (Å²) < 4.78 is 32.9. The summed E-state index contributed by atoms with van der Waals surface area (Å²) in [7, 11) is -2.22. The average molecular weight is 489 g/mol. The first-order valence-corrected chi connectivity index (χ1v) is 12.1. The Bertz CT molecular complexity index is 1090. The van der Waals surface area contributed by atoms with E-state index >= 15 is 0 Å². The van der Waals surface area contributed by atoms with Gasteiger partial charge in [-0.05, 0) is 31.0 Å². The van der Waals surface area contributed by atoms with Gasteiger partial charge in [0.2, 0.25) is 0 Å². The Hall–Kier alpha value is -2.39. The predicted octanol–water partition coefficient (Wildman–Crippen LogP) is 2.62. The summed E-state index contributed by atoms with van der Waals surface area (Å²) in [5.41, 5.74) is 0.810. The number of hydrogen-bond acceptors (Lipinski definition) is 10. The van der Waals surface area contributed by atoms with Crippen molar-refractivity contribution in [2.45, 2.75) is 28.0 Å². The largest absolute Gasteiger partial charge is 0.415 e. The van der Waals surface area contributed by atoms with Crippen LogP contribution < -0.4 is 9.88 Å². The number of para-hydroxylation sites is 1. The van der Waals surface area contributed by atoms with E-state index in [1.54, 1.807) is 31.2 Å². The van der Waals surface area contributed by atoms with Gasteiger partial charge in [-0.15, -0.1) is 21.5 Å². The third-order valence-electron chi connectivity index (χ3n) is 4.70. The van der Waals surface area contributed by atoms with E-state index in [2.05, 4.69) is 4.84 Å². The zero-order valence-corrected chi connectivity index (χ0v) is 19.0. The van der Waals surface area contributed by atoms with Crippen LogP contribution >= 0.6 is 23.3 Å². The van der Waals surface area contributed by atoms with Crippen molar-refractivity contribution in [3.8, 4) is 5.75 Å². The maximum Gasteiger partial charge on any atom is 0.415 e. The first-order valence-electron chi connectivity index (χ1n) is 8.99. The van der Waals surface area contributed by atoms with Crippen molar-refractivity contribution >= 4 is 39.4 Å². The monoisotopic (exact) mass is 488 g/mol. The quantitative estimate of drug-likeness (QED) is 0.353. The third kappa shape index (κ3) is 4.77. The van der Waals surface area contributed by atoms with Gasteiger partial charge >= 0.3 is 6.09 Å². The molecule has 1 aliphatic heterocycles. The molecular weight excluding hydrogens is 468 g/mol. The molecular formula is C17H20N4O7S3. The lowest BCUT2D eigenvalue weighted by Gasteiger charge is -2.36. The molecule has 14 heteroatoms. The fourth-order valence-corrected chi connectivity index (χ4v) is 6.84. The second kappa shape index (κ2) is 9.40. The molecule has 0 saturated carbocycles. The highest BCUT2D eigenvalue weighted by molar-refractivity contribution is 7.99. The van der Waals surface area contributed by atoms with Crippen LogP contribution in [0.15, 0.2) is 38.8 Å². The molecule has 2 N–H and O–H groups in total. The number of carbonyl (C=O) groups is 1. The van der Waals surface area contributed by atoms with Gasteiger partial charge in [-0.3, -0.25) is 10.0 Å². The number of hydrogen-bond donors (Lipinski definition) is 1. The number of thiophene rings is 1. The standard InChI is InChI=1S/C17H20N4O7S3/c1-3-20(17(22)28-14-7-5-4-6-11(14)10-27-21(23)24)13-9-19(2)31(25,26)16-12(13)8-15(29-16)30-18/h4-8,13H,3,9-10,18H2,1-2H3/t13-/m0/s1. The summed E-state index contributed by atoms with van der Waals surface area (Å²) in [6.07, 6.45) is -0.715. The van der Waals surface area contributed by atoms with Crippen molar-refractivity contribution < 1.29 is 27.9 Å². The smallest absolute Gasteiger partial charge is 0.410 e. The predicted molar refractivity (Wildman–Crippen MR) is 114 cm³/mol. The van der Waals surface area contributed by atoms with Crippen LogP contribution in [0.2, 0.25) is 0 Å². The number of benzene rings is 1. The van der Waals surface area contributed by atoms with E-state index in [-0.39, 0.29) is 29.7 Å². The molecule has 2 heterocycles. The van der Waals surface area contributed by atoms with Crippen LogP contribution in [0, 0.1) is 10.1 Å². The molecule has 0 unspecified atom stereocenters. The Morgan fingerprint density at radius 3 is 2.81 bits per heavy atom. The first-order chi connectivity index (χ1) is 14.7. The fourth-order valence-electron chi connectivity index (χ4n) is 3.18. The van der Waals surface area contributed by atoms with Crippen LogP contribution in [-0.4, -0.2) is 48.9 Å². The Kier molecular flexibility index (Phi) is 7.06. The van der Waals surface area contributed by atoms with Crippen molar-refractivity contribution in [3.05, 3.63) is 51.6 Å². The molecule has 1 amide bonds. The van der Waals surface area contributed by atoms with E-state index < -0.39 is 27.2 Å². The number of nitrogens with two attached hydrogens (primary N) is 1. The minimum Gasteiger partial charge on any atom is -0.410 e. The Morgan fingerprint density at radius 2 is 2.16 bits per heavy atom. The molecule has 1 aromatic carbocycles. The lowest BCUT2D eigenvalue weighted by Crippen LogP contribution is -2.46. The fraction of sp³-hybridized carbons (Fsp3) is 0.353. The lowest BCUT2D eigenvalue weighted by atomic mass is 10.1. The minimum atomic E-state index is -3.67. The van der Waals surface area contributed by atoms with Gasteiger partial charge in [-0.25, -0.2) is 13.2 Å². The SMILES string of the molecule is CCN(C(=O)Oc1ccccc1CO[N+](=O)[O-])[C@H]1CN(C)S(=O)(=O)c2sc(SN)cc21. The molecule has 0 aliphatic carbocycles. The molecule has 0 radical (unpaired) electrons. The summed E-state index contributed by atoms with van der Waals surface area (Å²) in [6, 6.07) is 7.40. The number of carbonyl (C=O) groups excluding carboxylic acids is 1. The number of fused-ring (bicyclic) bond motifs is 1. The second-order valence-corrected chi connectivity index (χ2v) is 10.7. The second-order valence-electron chi connectivity index (χ2n) is 6.49. The number of likely N-dealkylation sites (N-methyl/N-ethyl adjacent to an activating group) is 2. The third-order valence-corrected chi connectivity index (χ3v) is 8.88. The molecule has 168 valence electrons. The van der Waals surface area contributed by atoms with E-state index in [0.29, 0.717) is 15.3 Å². The molecule has 1 aliphatic rings. The normalized spacial score (nSPS) is 17.6. The van der Waals surface area contributed by atoms with E-state index in [0.717, 1.165) is 23.3 Å². The maximum atomic E-state index is 13.0. The van der Waals surface area contributed by atoms with Crippen LogP contribution in [0.25, 0.3) is 0 Å². The van der Waals surface area contributed by atoms with E-state index in [4.69, 9.17) is 9.88 Å². The number of rotatable bonds is 7.